The summed E-state index contributed by atoms with van der Waals surface area (Å²) in [4.78, 5) is 85.2. The van der Waals surface area contributed by atoms with Crippen LogP contribution in [0.4, 0.5) is 0 Å². The SMILES string of the molecule is O=[Si]([O-])[O-].O=[Si]([O-])[O-].O=[Si]([O-])[O-].O=[Si]([O-])[O-].O=[Si]([O-])[O-].[Al+3].[Al+3].[B].[B].[Ba+2].[Ba+2]. The van der Waals surface area contributed by atoms with E-state index in [1.807, 2.05) is 0 Å². The van der Waals surface area contributed by atoms with Crippen molar-refractivity contribution in [2.24, 2.45) is 0 Å². The van der Waals surface area contributed by atoms with Crippen LogP contribution >= 0.6 is 0 Å². The maximum atomic E-state index is 8.52. The topological polar surface area (TPSA) is 316 Å². The van der Waals surface area contributed by atoms with Gasteiger partial charge in [0.05, 0.1) is 0 Å². The molecule has 0 saturated carbocycles. The van der Waals surface area contributed by atoms with Gasteiger partial charge in [-0.05, 0) is 0 Å². The molecule has 26 heavy (non-hydrogen) atoms. The van der Waals surface area contributed by atoms with E-state index < -0.39 is 45.9 Å². The van der Waals surface area contributed by atoms with Crippen molar-refractivity contribution in [2.45, 2.75) is 0 Å². The van der Waals surface area contributed by atoms with E-state index in [0.717, 1.165) is 0 Å². The summed E-state index contributed by atoms with van der Waals surface area (Å²) >= 11 is 0. The molecule has 0 aliphatic rings. The molecule has 0 fully saturated rings. The molecular formula is Al2B2Ba2O15Si5. The van der Waals surface area contributed by atoms with Gasteiger partial charge in [0.15, 0.2) is 0 Å². The minimum atomic E-state index is -3.63. The summed E-state index contributed by atoms with van der Waals surface area (Å²) in [5, 5.41) is 0. The van der Waals surface area contributed by atoms with E-state index in [9.17, 15) is 0 Å². The Hall–Kier alpha value is 2.42. The Morgan fingerprint density at radius 1 is 0.346 bits per heavy atom. The summed E-state index contributed by atoms with van der Waals surface area (Å²) < 4.78 is 42.6. The molecule has 0 spiro atoms. The van der Waals surface area contributed by atoms with Gasteiger partial charge in [0.25, 0.3) is 0 Å². The van der Waals surface area contributed by atoms with Crippen molar-refractivity contribution >= 4 is 195 Å². The Balaban J connectivity index is -0.0000000114. The molecule has 0 N–H and O–H groups in total. The van der Waals surface area contributed by atoms with Gasteiger partial charge in [-0.25, -0.2) is 0 Å². The van der Waals surface area contributed by atoms with Crippen molar-refractivity contribution in [3.63, 3.8) is 0 Å². The molecule has 0 amide bonds. The van der Waals surface area contributed by atoms with Gasteiger partial charge >= 0.3 is 132 Å². The molecule has 26 heteroatoms. The largest absolute Gasteiger partial charge is 3.00 e. The van der Waals surface area contributed by atoms with Gasteiger partial charge in [-0.3, -0.25) is 0 Å². The van der Waals surface area contributed by atoms with Gasteiger partial charge < -0.3 is 70.3 Å². The molecule has 0 rings (SSSR count). The Morgan fingerprint density at radius 3 is 0.346 bits per heavy atom. The third-order valence-electron chi connectivity index (χ3n) is 0. The fourth-order valence-corrected chi connectivity index (χ4v) is 0. The van der Waals surface area contributed by atoms with E-state index in [1.54, 1.807) is 0 Å². The van der Waals surface area contributed by atoms with Gasteiger partial charge in [0.1, 0.15) is 0 Å². The molecule has 0 saturated heterocycles. The molecule has 0 aliphatic heterocycles. The summed E-state index contributed by atoms with van der Waals surface area (Å²) in [6.45, 7) is 0. The van der Waals surface area contributed by atoms with Crippen molar-refractivity contribution in [3.05, 3.63) is 0 Å². The Labute approximate surface area is 260 Å². The first-order valence-electron chi connectivity index (χ1n) is 3.06. The van der Waals surface area contributed by atoms with Crippen molar-refractivity contribution in [2.75, 3.05) is 0 Å². The van der Waals surface area contributed by atoms with Gasteiger partial charge in [-0.15, -0.1) is 0 Å². The average molecular weight is 731 g/mol. The van der Waals surface area contributed by atoms with Crippen LogP contribution in [0.15, 0.2) is 0 Å². The minimum absolute atomic E-state index is 0. The van der Waals surface area contributed by atoms with Crippen LogP contribution in [-0.2, 0) is 22.3 Å². The van der Waals surface area contributed by atoms with Crippen LogP contribution < -0.4 is 48.0 Å². The molecule has 0 atom stereocenters. The summed E-state index contributed by atoms with van der Waals surface area (Å²) in [7, 11) is -18.1. The molecule has 0 heterocycles. The zero-order valence-electron chi connectivity index (χ0n) is 12.3. The van der Waals surface area contributed by atoms with Gasteiger partial charge in [-0.2, -0.15) is 0 Å². The fraction of sp³-hybridized carbons (Fsp3) is 0. The number of hydrogen-bond acceptors (Lipinski definition) is 15. The molecule has 0 aromatic heterocycles. The molecule has 126 valence electrons. The van der Waals surface area contributed by atoms with E-state index in [2.05, 4.69) is 0 Å². The molecule has 0 aromatic carbocycles. The molecule has 0 aromatic rings. The average Bonchev–Trinajstić information content (AvgIpc) is 1.94. The standard InChI is InChI=1S/2Al.2B.2Ba.5O3Si/c;;;;;;5*1-4(2)3/q2*+3;;;2*+2;5*-2. The van der Waals surface area contributed by atoms with Crippen LogP contribution in [0.25, 0.3) is 0 Å². The monoisotopic (exact) mass is 732 g/mol. The quantitative estimate of drug-likeness (QED) is 0.209. The van der Waals surface area contributed by atoms with E-state index >= 15 is 0 Å². The minimum Gasteiger partial charge on any atom is -0.672 e. The zero-order chi connectivity index (χ0) is 17.9. The zero-order valence-corrected chi connectivity index (χ0v) is 28.5. The second-order valence-corrected chi connectivity index (χ2v) is 3.75. The van der Waals surface area contributed by atoms with Crippen LogP contribution in [0, 0.1) is 0 Å². The predicted molar refractivity (Wildman–Crippen MR) is 66.7 cm³/mol. The summed E-state index contributed by atoms with van der Waals surface area (Å²) in [5.41, 5.74) is 0. The van der Waals surface area contributed by atoms with Crippen molar-refractivity contribution in [1.29, 1.82) is 0 Å². The van der Waals surface area contributed by atoms with Crippen molar-refractivity contribution in [3.8, 4) is 0 Å². The predicted octanol–water partition coefficient (Wildman–Crippen LogP) is -16.7. The first kappa shape index (κ1) is 70.4. The molecule has 0 bridgehead atoms. The van der Waals surface area contributed by atoms with E-state index in [4.69, 9.17) is 70.3 Å². The first-order chi connectivity index (χ1) is 8.66. The normalized spacial score (nSPS) is 4.62. The second kappa shape index (κ2) is 63.1. The van der Waals surface area contributed by atoms with E-state index in [0.29, 0.717) is 0 Å². The van der Waals surface area contributed by atoms with Gasteiger partial charge in [0.2, 0.25) is 0 Å². The van der Waals surface area contributed by atoms with E-state index in [1.165, 1.54) is 0 Å². The smallest absolute Gasteiger partial charge is 0.672 e. The maximum absolute atomic E-state index is 8.52. The Kier molecular flexibility index (Phi) is 171. The van der Waals surface area contributed by atoms with Crippen molar-refractivity contribution in [1.82, 2.24) is 0 Å². The Bertz CT molecular complexity index is 231. The molecule has 15 nitrogen and oxygen atoms in total. The number of hydrogen-bond donors (Lipinski definition) is 0. The third-order valence-corrected chi connectivity index (χ3v) is 0. The van der Waals surface area contributed by atoms with Gasteiger partial charge in [-0.1, -0.05) is 0 Å². The molecular weight excluding hydrogens is 731 g/mol. The number of rotatable bonds is 0. The summed E-state index contributed by atoms with van der Waals surface area (Å²) in [6.07, 6.45) is 0. The molecule has 0 unspecified atom stereocenters. The van der Waals surface area contributed by atoms with Crippen LogP contribution in [0.1, 0.15) is 0 Å². The van der Waals surface area contributed by atoms with Gasteiger partial charge in [0, 0.05) is 62.7 Å². The van der Waals surface area contributed by atoms with Crippen LogP contribution in [-0.4, -0.2) is 195 Å². The molecule has 6 radical (unpaired) electrons. The molecule has 0 aliphatic carbocycles. The fourth-order valence-electron chi connectivity index (χ4n) is 0. The van der Waals surface area contributed by atoms with E-state index in [-0.39, 0.29) is 149 Å². The maximum Gasteiger partial charge on any atom is 3.00 e. The first-order valence-corrected chi connectivity index (χ1v) is 9.19. The van der Waals surface area contributed by atoms with Crippen LogP contribution in [0.2, 0.25) is 0 Å². The van der Waals surface area contributed by atoms with Crippen molar-refractivity contribution < 1.29 is 70.3 Å². The second-order valence-electron chi connectivity index (χ2n) is 1.25. The summed E-state index contributed by atoms with van der Waals surface area (Å²) in [6, 6.07) is 0. The Morgan fingerprint density at radius 2 is 0.346 bits per heavy atom. The van der Waals surface area contributed by atoms with Crippen LogP contribution in [0.3, 0.4) is 0 Å². The van der Waals surface area contributed by atoms with Crippen LogP contribution in [0.5, 0.6) is 0 Å². The third kappa shape index (κ3) is 2910. The summed E-state index contributed by atoms with van der Waals surface area (Å²) in [5.74, 6) is 0.